The van der Waals surface area contributed by atoms with E-state index in [1.54, 1.807) is 12.1 Å². The van der Waals surface area contributed by atoms with Crippen molar-refractivity contribution in [1.82, 2.24) is 0 Å². The van der Waals surface area contributed by atoms with Gasteiger partial charge in [0.15, 0.2) is 0 Å². The van der Waals surface area contributed by atoms with Gasteiger partial charge in [0.2, 0.25) is 0 Å². The van der Waals surface area contributed by atoms with Crippen molar-refractivity contribution >= 4 is 13.8 Å². The minimum atomic E-state index is -4.47. The third-order valence-corrected chi connectivity index (χ3v) is 2.32. The van der Waals surface area contributed by atoms with Crippen molar-refractivity contribution in [3.63, 3.8) is 0 Å². The molecule has 5 nitrogen and oxygen atoms in total. The van der Waals surface area contributed by atoms with E-state index < -0.39 is 13.8 Å². The fourth-order valence-corrected chi connectivity index (χ4v) is 1.74. The first-order chi connectivity index (χ1) is 6.08. The van der Waals surface area contributed by atoms with Crippen molar-refractivity contribution < 1.29 is 23.3 Å². The van der Waals surface area contributed by atoms with Crippen molar-refractivity contribution in [2.24, 2.45) is 0 Å². The fourth-order valence-electron chi connectivity index (χ4n) is 1.00. The van der Waals surface area contributed by atoms with Gasteiger partial charge in [0.05, 0.1) is 0 Å². The quantitative estimate of drug-likeness (QED) is 0.575. The number of hydrogen-bond donors (Lipinski definition) is 0. The van der Waals surface area contributed by atoms with Gasteiger partial charge in [0, 0.05) is 0 Å². The third-order valence-electron chi connectivity index (χ3n) is 1.51. The molecule has 1 aliphatic heterocycles. The Kier molecular flexibility index (Phi) is 1.65. The van der Waals surface area contributed by atoms with Gasteiger partial charge in [-0.1, -0.05) is 12.1 Å². The largest absolute Gasteiger partial charge is 0.736 e. The number of hydrogen-bond acceptors (Lipinski definition) is 5. The number of para-hydroxylation sites is 1. The second-order valence-corrected chi connectivity index (χ2v) is 3.67. The number of benzene rings is 1. The Morgan fingerprint density at radius 3 is 2.69 bits per heavy atom. The fraction of sp³-hybridized carbons (Fsp3) is 0. The molecule has 0 spiro atoms. The molecule has 1 unspecified atom stereocenters. The van der Waals surface area contributed by atoms with Crippen LogP contribution in [0.4, 0.5) is 0 Å². The Morgan fingerprint density at radius 2 is 1.92 bits per heavy atom. The second-order valence-electron chi connectivity index (χ2n) is 2.41. The lowest BCUT2D eigenvalue weighted by Crippen LogP contribution is -2.20. The maximum atomic E-state index is 11.0. The van der Waals surface area contributed by atoms with Crippen molar-refractivity contribution in [2.75, 3.05) is 0 Å². The summed E-state index contributed by atoms with van der Waals surface area (Å²) in [5.74, 6) is -0.891. The van der Waals surface area contributed by atoms with Gasteiger partial charge >= 0.3 is 13.8 Å². The number of rotatable bonds is 0. The first kappa shape index (κ1) is 8.29. The standard InChI is InChI=1S/C7H5O5P/c8-7-5-3-1-2-4-6(5)11-13(9,10)12-7/h1-4H,(H,9,10)/p-1. The summed E-state index contributed by atoms with van der Waals surface area (Å²) in [6, 6.07) is 5.97. The molecule has 0 aromatic heterocycles. The van der Waals surface area contributed by atoms with Crippen LogP contribution in [0, 0.1) is 0 Å². The molecule has 6 heteroatoms. The van der Waals surface area contributed by atoms with Crippen LogP contribution in [0.2, 0.25) is 0 Å². The molecule has 0 fully saturated rings. The van der Waals surface area contributed by atoms with Crippen LogP contribution in [0.15, 0.2) is 24.3 Å². The third kappa shape index (κ3) is 1.43. The van der Waals surface area contributed by atoms with Gasteiger partial charge in [-0.15, -0.1) is 0 Å². The summed E-state index contributed by atoms with van der Waals surface area (Å²) in [4.78, 5) is 21.8. The average Bonchev–Trinajstić information content (AvgIpc) is 2.02. The highest BCUT2D eigenvalue weighted by Crippen LogP contribution is 2.46. The van der Waals surface area contributed by atoms with E-state index in [9.17, 15) is 14.3 Å². The predicted octanol–water partition coefficient (Wildman–Crippen LogP) is 0.704. The van der Waals surface area contributed by atoms with E-state index >= 15 is 0 Å². The lowest BCUT2D eigenvalue weighted by atomic mass is 10.2. The summed E-state index contributed by atoms with van der Waals surface area (Å²) in [6.07, 6.45) is 0. The Labute approximate surface area is 73.5 Å². The molecule has 0 N–H and O–H groups in total. The molecule has 0 saturated carbocycles. The van der Waals surface area contributed by atoms with Crippen LogP contribution in [0.1, 0.15) is 10.4 Å². The first-order valence-electron chi connectivity index (χ1n) is 3.42. The molecule has 68 valence electrons. The van der Waals surface area contributed by atoms with Crippen molar-refractivity contribution in [3.05, 3.63) is 29.8 Å². The van der Waals surface area contributed by atoms with E-state index in [0.29, 0.717) is 0 Å². The number of phosphoric acid groups is 1. The highest BCUT2D eigenvalue weighted by atomic mass is 31.2. The van der Waals surface area contributed by atoms with Crippen LogP contribution >= 0.6 is 7.82 Å². The molecule has 1 heterocycles. The van der Waals surface area contributed by atoms with E-state index in [4.69, 9.17) is 0 Å². The zero-order chi connectivity index (χ0) is 9.47. The van der Waals surface area contributed by atoms with Gasteiger partial charge in [-0.2, -0.15) is 0 Å². The van der Waals surface area contributed by atoms with Gasteiger partial charge in [-0.05, 0) is 12.1 Å². The monoisotopic (exact) mass is 199 g/mol. The molecule has 1 aliphatic rings. The number of carbonyl (C=O) groups excluding carboxylic acids is 1. The van der Waals surface area contributed by atoms with Gasteiger partial charge in [-0.25, -0.2) is 9.36 Å². The molecule has 2 rings (SSSR count). The summed E-state index contributed by atoms with van der Waals surface area (Å²) in [5, 5.41) is 0. The Balaban J connectivity index is 2.55. The molecule has 0 bridgehead atoms. The summed E-state index contributed by atoms with van der Waals surface area (Å²) < 4.78 is 19.3. The predicted molar refractivity (Wildman–Crippen MR) is 40.1 cm³/mol. The summed E-state index contributed by atoms with van der Waals surface area (Å²) in [5.41, 5.74) is 0.116. The maximum Gasteiger partial charge on any atom is 0.375 e. The van der Waals surface area contributed by atoms with Gasteiger partial charge in [0.25, 0.3) is 0 Å². The highest BCUT2D eigenvalue weighted by molar-refractivity contribution is 7.47. The molecule has 1 aromatic rings. The molecule has 0 aliphatic carbocycles. The van der Waals surface area contributed by atoms with E-state index in [2.05, 4.69) is 9.05 Å². The lowest BCUT2D eigenvalue weighted by Gasteiger charge is -2.27. The summed E-state index contributed by atoms with van der Waals surface area (Å²) in [6.45, 7) is 0. The van der Waals surface area contributed by atoms with Crippen molar-refractivity contribution in [2.45, 2.75) is 0 Å². The van der Waals surface area contributed by atoms with Crippen molar-refractivity contribution in [1.29, 1.82) is 0 Å². The van der Waals surface area contributed by atoms with Crippen LogP contribution < -0.4 is 9.42 Å². The van der Waals surface area contributed by atoms with Crippen molar-refractivity contribution in [3.8, 4) is 5.75 Å². The average molecular weight is 199 g/mol. The number of phosphoric ester groups is 1. The number of carbonyl (C=O) groups is 1. The SMILES string of the molecule is O=C1OP(=O)([O-])Oc2ccccc21. The van der Waals surface area contributed by atoms with Gasteiger partial charge in [0.1, 0.15) is 11.3 Å². The summed E-state index contributed by atoms with van der Waals surface area (Å²) in [7, 11) is -4.47. The molecule has 0 radical (unpaired) electrons. The van der Waals surface area contributed by atoms with Gasteiger partial charge in [-0.3, -0.25) is 0 Å². The van der Waals surface area contributed by atoms with Crippen LogP contribution in [-0.4, -0.2) is 5.97 Å². The zero-order valence-electron chi connectivity index (χ0n) is 6.30. The van der Waals surface area contributed by atoms with E-state index in [-0.39, 0.29) is 11.3 Å². The molecule has 1 aromatic carbocycles. The molecule has 0 amide bonds. The first-order valence-corrected chi connectivity index (χ1v) is 4.88. The second kappa shape index (κ2) is 2.58. The Hall–Kier alpha value is -1.32. The van der Waals surface area contributed by atoms with Crippen LogP contribution in [0.3, 0.4) is 0 Å². The van der Waals surface area contributed by atoms with E-state index in [1.807, 2.05) is 0 Å². The van der Waals surface area contributed by atoms with E-state index in [1.165, 1.54) is 12.1 Å². The zero-order valence-corrected chi connectivity index (χ0v) is 7.19. The van der Waals surface area contributed by atoms with Crippen LogP contribution in [-0.2, 0) is 9.09 Å². The van der Waals surface area contributed by atoms with Crippen LogP contribution in [0.25, 0.3) is 0 Å². The normalized spacial score (nSPS) is 25.8. The lowest BCUT2D eigenvalue weighted by molar-refractivity contribution is -0.212. The highest BCUT2D eigenvalue weighted by Gasteiger charge is 2.28. The molecular formula is C7H4O5P-. The molecule has 13 heavy (non-hydrogen) atoms. The number of fused-ring (bicyclic) bond motifs is 1. The Bertz CT molecular complexity index is 413. The van der Waals surface area contributed by atoms with E-state index in [0.717, 1.165) is 0 Å². The minimum absolute atomic E-state index is 0.0112. The summed E-state index contributed by atoms with van der Waals surface area (Å²) >= 11 is 0. The molecular weight excluding hydrogens is 195 g/mol. The molecule has 1 atom stereocenters. The topological polar surface area (TPSA) is 75.7 Å². The maximum absolute atomic E-state index is 11.0. The van der Waals surface area contributed by atoms with Crippen LogP contribution in [0.5, 0.6) is 5.75 Å². The molecule has 0 saturated heterocycles. The minimum Gasteiger partial charge on any atom is -0.736 e. The smallest absolute Gasteiger partial charge is 0.375 e. The Morgan fingerprint density at radius 1 is 1.23 bits per heavy atom. The van der Waals surface area contributed by atoms with Gasteiger partial charge < -0.3 is 13.9 Å².